The van der Waals surface area contributed by atoms with Crippen LogP contribution in [0.4, 0.5) is 5.95 Å². The number of aryl methyl sites for hydroxylation is 2. The van der Waals surface area contributed by atoms with Gasteiger partial charge in [0.15, 0.2) is 5.75 Å². The summed E-state index contributed by atoms with van der Waals surface area (Å²) in [7, 11) is -4.24. The van der Waals surface area contributed by atoms with Crippen molar-refractivity contribution in [1.29, 1.82) is 0 Å². The minimum absolute atomic E-state index is 0.0203. The number of nitrogens with zero attached hydrogens (tertiary/aromatic N) is 4. The van der Waals surface area contributed by atoms with Crippen LogP contribution in [0.25, 0.3) is 11.3 Å². The molecule has 4 rings (SSSR count). The molecule has 47 heavy (non-hydrogen) atoms. The molecule has 0 amide bonds. The standard InChI is InChI=1S/C34H42N6O6S/c1-21(2)46-26-17-36-29(37-18-26)19-35-25(16-34(5,6)7)20-45-30-15-28(31-22(3)10-8-11-23(31)4)38-33(39-30)40-47(43,44)27-13-9-12-24(14-27)32(41)42/h8-15,17-18,21,25,35H,16,19-20H2,1-7H3,(H,41,42)(H,38,39,40)/t25-/m1/s1. The molecule has 250 valence electrons. The number of anilines is 1. The maximum Gasteiger partial charge on any atom is 0.335 e. The molecular weight excluding hydrogens is 620 g/mol. The van der Waals surface area contributed by atoms with Crippen LogP contribution in [0.1, 0.15) is 68.3 Å². The van der Waals surface area contributed by atoms with Gasteiger partial charge in [-0.2, -0.15) is 4.98 Å². The fraction of sp³-hybridized carbons (Fsp3) is 0.382. The Bertz CT molecular complexity index is 1790. The van der Waals surface area contributed by atoms with E-state index in [0.29, 0.717) is 23.8 Å². The highest BCUT2D eigenvalue weighted by Gasteiger charge is 2.23. The average molecular weight is 663 g/mol. The van der Waals surface area contributed by atoms with Crippen molar-refractivity contribution in [3.63, 3.8) is 0 Å². The van der Waals surface area contributed by atoms with Crippen LogP contribution in [0.2, 0.25) is 0 Å². The number of hydrogen-bond donors (Lipinski definition) is 3. The predicted molar refractivity (Wildman–Crippen MR) is 179 cm³/mol. The van der Waals surface area contributed by atoms with Crippen molar-refractivity contribution in [2.45, 2.75) is 78.5 Å². The Morgan fingerprint density at radius 3 is 2.26 bits per heavy atom. The van der Waals surface area contributed by atoms with Gasteiger partial charge in [-0.05, 0) is 68.9 Å². The Labute approximate surface area is 276 Å². The van der Waals surface area contributed by atoms with Crippen LogP contribution in [0.3, 0.4) is 0 Å². The third-order valence-electron chi connectivity index (χ3n) is 6.95. The van der Waals surface area contributed by atoms with Crippen molar-refractivity contribution in [3.05, 3.63) is 83.4 Å². The molecule has 1 atom stereocenters. The predicted octanol–water partition coefficient (Wildman–Crippen LogP) is 5.81. The van der Waals surface area contributed by atoms with E-state index in [9.17, 15) is 18.3 Å². The zero-order chi connectivity index (χ0) is 34.4. The first-order valence-electron chi connectivity index (χ1n) is 15.3. The van der Waals surface area contributed by atoms with Crippen LogP contribution >= 0.6 is 0 Å². The van der Waals surface area contributed by atoms with Gasteiger partial charge in [-0.1, -0.05) is 45.0 Å². The van der Waals surface area contributed by atoms with Crippen molar-refractivity contribution in [2.75, 3.05) is 11.3 Å². The highest BCUT2D eigenvalue weighted by Crippen LogP contribution is 2.30. The fourth-order valence-corrected chi connectivity index (χ4v) is 5.97. The fourth-order valence-electron chi connectivity index (χ4n) is 4.98. The van der Waals surface area contributed by atoms with E-state index in [1.54, 1.807) is 18.5 Å². The molecule has 0 aliphatic rings. The lowest BCUT2D eigenvalue weighted by molar-refractivity contribution is 0.0696. The van der Waals surface area contributed by atoms with Gasteiger partial charge < -0.3 is 19.9 Å². The molecular formula is C34H42N6O6S. The number of hydrogen-bond acceptors (Lipinski definition) is 10. The number of carboxylic acids is 1. The lowest BCUT2D eigenvalue weighted by Gasteiger charge is -2.27. The monoisotopic (exact) mass is 662 g/mol. The van der Waals surface area contributed by atoms with E-state index in [4.69, 9.17) is 9.47 Å². The van der Waals surface area contributed by atoms with Gasteiger partial charge in [-0.15, -0.1) is 0 Å². The molecule has 0 unspecified atom stereocenters. The minimum Gasteiger partial charge on any atom is -0.488 e. The zero-order valence-corrected chi connectivity index (χ0v) is 28.6. The summed E-state index contributed by atoms with van der Waals surface area (Å²) in [6, 6.07) is 12.4. The summed E-state index contributed by atoms with van der Waals surface area (Å²) in [6.45, 7) is 14.8. The molecule has 0 saturated carbocycles. The number of carbonyl (C=O) groups is 1. The first-order valence-corrected chi connectivity index (χ1v) is 16.7. The van der Waals surface area contributed by atoms with E-state index in [-0.39, 0.29) is 46.5 Å². The second-order valence-corrected chi connectivity index (χ2v) is 14.5. The second kappa shape index (κ2) is 14.9. The number of ether oxygens (including phenoxy) is 2. The molecule has 3 N–H and O–H groups in total. The van der Waals surface area contributed by atoms with Gasteiger partial charge >= 0.3 is 5.97 Å². The van der Waals surface area contributed by atoms with Crippen LogP contribution in [-0.4, -0.2) is 58.2 Å². The Kier molecular flexibility index (Phi) is 11.1. The highest BCUT2D eigenvalue weighted by atomic mass is 32.2. The van der Waals surface area contributed by atoms with Gasteiger partial charge in [-0.3, -0.25) is 0 Å². The van der Waals surface area contributed by atoms with Crippen molar-refractivity contribution in [1.82, 2.24) is 25.3 Å². The maximum absolute atomic E-state index is 13.3. The molecule has 0 radical (unpaired) electrons. The zero-order valence-electron chi connectivity index (χ0n) is 27.7. The number of carboxylic acid groups (broad SMARTS) is 1. The first kappa shape index (κ1) is 35.2. The molecule has 2 aromatic heterocycles. The summed E-state index contributed by atoms with van der Waals surface area (Å²) in [4.78, 5) is 29.0. The smallest absolute Gasteiger partial charge is 0.335 e. The van der Waals surface area contributed by atoms with Gasteiger partial charge in [0.25, 0.3) is 10.0 Å². The van der Waals surface area contributed by atoms with Gasteiger partial charge in [0.05, 0.1) is 41.2 Å². The van der Waals surface area contributed by atoms with Gasteiger partial charge in [0.1, 0.15) is 12.4 Å². The lowest BCUT2D eigenvalue weighted by atomic mass is 9.88. The average Bonchev–Trinajstić information content (AvgIpc) is 2.98. The molecule has 0 fully saturated rings. The summed E-state index contributed by atoms with van der Waals surface area (Å²) < 4.78 is 40.9. The largest absolute Gasteiger partial charge is 0.488 e. The third kappa shape index (κ3) is 10.2. The molecule has 0 saturated heterocycles. The van der Waals surface area contributed by atoms with Crippen LogP contribution in [-0.2, 0) is 16.6 Å². The third-order valence-corrected chi connectivity index (χ3v) is 8.28. The van der Waals surface area contributed by atoms with E-state index >= 15 is 0 Å². The lowest BCUT2D eigenvalue weighted by Crippen LogP contribution is -2.38. The number of benzene rings is 2. The highest BCUT2D eigenvalue weighted by molar-refractivity contribution is 7.92. The van der Waals surface area contributed by atoms with E-state index in [1.807, 2.05) is 45.9 Å². The number of sulfonamides is 1. The van der Waals surface area contributed by atoms with Crippen LogP contribution < -0.4 is 19.5 Å². The molecule has 2 heterocycles. The van der Waals surface area contributed by atoms with Crippen molar-refractivity contribution >= 4 is 21.9 Å². The summed E-state index contributed by atoms with van der Waals surface area (Å²) in [5, 5.41) is 12.8. The topological polar surface area (TPSA) is 166 Å². The molecule has 2 aromatic carbocycles. The molecule has 0 spiro atoms. The normalized spacial score (nSPS) is 12.5. The molecule has 0 aliphatic carbocycles. The van der Waals surface area contributed by atoms with E-state index < -0.39 is 16.0 Å². The van der Waals surface area contributed by atoms with Gasteiger partial charge in [0, 0.05) is 17.7 Å². The number of nitrogens with one attached hydrogen (secondary N) is 2. The summed E-state index contributed by atoms with van der Waals surface area (Å²) in [5.41, 5.74) is 2.96. The number of aromatic carboxylic acids is 1. The SMILES string of the molecule is Cc1cccc(C)c1-c1cc(OC[C@@H](CC(C)(C)C)NCc2ncc(OC(C)C)cn2)nc(NS(=O)(=O)c2cccc(C(=O)O)c2)n1. The van der Waals surface area contributed by atoms with E-state index in [1.165, 1.54) is 18.2 Å². The van der Waals surface area contributed by atoms with Crippen LogP contribution in [0.5, 0.6) is 11.6 Å². The van der Waals surface area contributed by atoms with Crippen molar-refractivity contribution in [3.8, 4) is 22.9 Å². The Morgan fingerprint density at radius 2 is 1.64 bits per heavy atom. The Hall–Kier alpha value is -4.62. The van der Waals surface area contributed by atoms with E-state index in [0.717, 1.165) is 29.2 Å². The van der Waals surface area contributed by atoms with Crippen molar-refractivity contribution in [2.24, 2.45) is 5.41 Å². The maximum atomic E-state index is 13.3. The Balaban J connectivity index is 1.62. The minimum atomic E-state index is -4.24. The molecule has 12 nitrogen and oxygen atoms in total. The second-order valence-electron chi connectivity index (χ2n) is 12.8. The molecule has 0 aliphatic heterocycles. The molecule has 13 heteroatoms. The summed E-state index contributed by atoms with van der Waals surface area (Å²) in [6.07, 6.45) is 4.06. The van der Waals surface area contributed by atoms with Crippen LogP contribution in [0.15, 0.2) is 65.8 Å². The summed E-state index contributed by atoms with van der Waals surface area (Å²) >= 11 is 0. The quantitative estimate of drug-likeness (QED) is 0.149. The van der Waals surface area contributed by atoms with Crippen molar-refractivity contribution < 1.29 is 27.8 Å². The van der Waals surface area contributed by atoms with E-state index in [2.05, 4.69) is 50.7 Å². The number of aromatic nitrogens is 4. The number of rotatable bonds is 14. The molecule has 0 bridgehead atoms. The van der Waals surface area contributed by atoms with Gasteiger partial charge in [0.2, 0.25) is 11.8 Å². The van der Waals surface area contributed by atoms with Crippen LogP contribution in [0, 0.1) is 19.3 Å². The first-order chi connectivity index (χ1) is 22.1. The molecule has 4 aromatic rings. The van der Waals surface area contributed by atoms with Gasteiger partial charge in [-0.25, -0.2) is 32.9 Å². The Morgan fingerprint density at radius 1 is 0.979 bits per heavy atom. The summed E-state index contributed by atoms with van der Waals surface area (Å²) in [5.74, 6) is -0.0842.